The third-order valence-electron chi connectivity index (χ3n) is 5.34. The number of piperidine rings is 1. The number of carbonyl (C=O) groups is 2. The fourth-order valence-corrected chi connectivity index (χ4v) is 4.78. The number of hydrogen-bond acceptors (Lipinski definition) is 4. The smallest absolute Gasteiger partial charge is 0.169 e. The van der Waals surface area contributed by atoms with Crippen LogP contribution in [0, 0.1) is 5.92 Å². The van der Waals surface area contributed by atoms with Gasteiger partial charge in [-0.25, -0.2) is 0 Å². The maximum atomic E-state index is 13.2. The Labute approximate surface area is 163 Å². The average Bonchev–Trinajstić information content (AvgIpc) is 3.16. The second kappa shape index (κ2) is 7.75. The van der Waals surface area contributed by atoms with Gasteiger partial charge in [0.05, 0.1) is 4.88 Å². The lowest BCUT2D eigenvalue weighted by Crippen LogP contribution is -2.38. The molecule has 0 bridgehead atoms. The lowest BCUT2D eigenvalue weighted by atomic mass is 9.88. The van der Waals surface area contributed by atoms with Crippen molar-refractivity contribution in [2.75, 3.05) is 13.1 Å². The van der Waals surface area contributed by atoms with E-state index >= 15 is 0 Å². The van der Waals surface area contributed by atoms with Gasteiger partial charge >= 0.3 is 0 Å². The molecule has 4 heteroatoms. The molecule has 1 fully saturated rings. The Balaban J connectivity index is 1.50. The number of benzene rings is 2. The molecule has 138 valence electrons. The fourth-order valence-electron chi connectivity index (χ4n) is 3.97. The molecule has 2 aromatic carbocycles. The van der Waals surface area contributed by atoms with E-state index in [1.165, 1.54) is 16.9 Å². The highest BCUT2D eigenvalue weighted by Crippen LogP contribution is 2.27. The molecule has 1 aromatic heterocycles. The summed E-state index contributed by atoms with van der Waals surface area (Å²) in [4.78, 5) is 27.9. The van der Waals surface area contributed by atoms with Crippen LogP contribution in [-0.4, -0.2) is 29.6 Å². The first-order valence-electron chi connectivity index (χ1n) is 9.44. The number of hydrogen-bond donors (Lipinski definition) is 0. The molecule has 1 saturated heterocycles. The molecule has 0 radical (unpaired) electrons. The molecule has 1 atom stereocenters. The largest absolute Gasteiger partial charge is 0.298 e. The zero-order valence-corrected chi connectivity index (χ0v) is 16.3. The first-order valence-corrected chi connectivity index (χ1v) is 10.3. The van der Waals surface area contributed by atoms with Crippen LogP contribution in [0.4, 0.5) is 0 Å². The van der Waals surface area contributed by atoms with E-state index in [-0.39, 0.29) is 17.5 Å². The van der Waals surface area contributed by atoms with Gasteiger partial charge < -0.3 is 0 Å². The van der Waals surface area contributed by atoms with Crippen LogP contribution in [0.2, 0.25) is 0 Å². The first-order chi connectivity index (χ1) is 13.1. The minimum absolute atomic E-state index is 0.0375. The van der Waals surface area contributed by atoms with Crippen LogP contribution in [0.5, 0.6) is 0 Å². The normalized spacial score (nSPS) is 17.9. The van der Waals surface area contributed by atoms with Crippen molar-refractivity contribution < 1.29 is 9.59 Å². The molecule has 1 aliphatic rings. The van der Waals surface area contributed by atoms with Gasteiger partial charge in [0.25, 0.3) is 0 Å². The summed E-state index contributed by atoms with van der Waals surface area (Å²) in [5, 5.41) is 4.23. The molecule has 3 nitrogen and oxygen atoms in total. The van der Waals surface area contributed by atoms with Crippen molar-refractivity contribution >= 4 is 33.7 Å². The number of nitrogens with zero attached hydrogens (tertiary/aromatic N) is 1. The number of thiophene rings is 1. The monoisotopic (exact) mass is 377 g/mol. The van der Waals surface area contributed by atoms with Crippen molar-refractivity contribution in [2.24, 2.45) is 5.92 Å². The first kappa shape index (κ1) is 18.1. The summed E-state index contributed by atoms with van der Waals surface area (Å²) in [7, 11) is 0. The number of Topliss-reactive ketones (excluding diaryl/α,β-unsaturated/α-hetero) is 2. The van der Waals surface area contributed by atoms with Crippen molar-refractivity contribution in [3.63, 3.8) is 0 Å². The Bertz CT molecular complexity index is 985. The van der Waals surface area contributed by atoms with Gasteiger partial charge in [0.15, 0.2) is 11.6 Å². The molecule has 2 heterocycles. The second-order valence-corrected chi connectivity index (χ2v) is 8.25. The number of ketones is 2. The van der Waals surface area contributed by atoms with E-state index in [4.69, 9.17) is 0 Å². The predicted molar refractivity (Wildman–Crippen MR) is 111 cm³/mol. The van der Waals surface area contributed by atoms with E-state index in [0.717, 1.165) is 53.7 Å². The molecule has 27 heavy (non-hydrogen) atoms. The van der Waals surface area contributed by atoms with Crippen LogP contribution in [0.1, 0.15) is 45.4 Å². The minimum atomic E-state index is 0.0375. The molecule has 1 aliphatic heterocycles. The Morgan fingerprint density at radius 2 is 1.96 bits per heavy atom. The number of likely N-dealkylation sites (tertiary alicyclic amines) is 1. The van der Waals surface area contributed by atoms with Gasteiger partial charge in [-0.2, -0.15) is 0 Å². The molecular formula is C23H23NO2S. The van der Waals surface area contributed by atoms with E-state index in [1.54, 1.807) is 6.92 Å². The summed E-state index contributed by atoms with van der Waals surface area (Å²) in [6, 6.07) is 16.1. The Hall–Kier alpha value is -2.30. The van der Waals surface area contributed by atoms with Crippen LogP contribution in [0.3, 0.4) is 0 Å². The van der Waals surface area contributed by atoms with Gasteiger partial charge in [-0.1, -0.05) is 42.5 Å². The quantitative estimate of drug-likeness (QED) is 0.574. The summed E-state index contributed by atoms with van der Waals surface area (Å²) in [5.41, 5.74) is 2.01. The molecule has 0 aliphatic carbocycles. The van der Waals surface area contributed by atoms with Crippen molar-refractivity contribution in [3.8, 4) is 0 Å². The summed E-state index contributed by atoms with van der Waals surface area (Å²) in [6.07, 6.45) is 1.98. The maximum Gasteiger partial charge on any atom is 0.169 e. The third kappa shape index (κ3) is 3.87. The zero-order valence-electron chi connectivity index (χ0n) is 15.5. The van der Waals surface area contributed by atoms with Gasteiger partial charge in [0.2, 0.25) is 0 Å². The van der Waals surface area contributed by atoms with Crippen LogP contribution >= 0.6 is 11.3 Å². The average molecular weight is 378 g/mol. The van der Waals surface area contributed by atoms with Crippen molar-refractivity contribution in [1.29, 1.82) is 0 Å². The minimum Gasteiger partial charge on any atom is -0.298 e. The highest BCUT2D eigenvalue weighted by Gasteiger charge is 2.27. The van der Waals surface area contributed by atoms with Gasteiger partial charge in [-0.05, 0) is 54.1 Å². The third-order valence-corrected chi connectivity index (χ3v) is 6.42. The lowest BCUT2D eigenvalue weighted by Gasteiger charge is -2.32. The molecule has 4 rings (SSSR count). The van der Waals surface area contributed by atoms with Crippen LogP contribution in [0.25, 0.3) is 10.8 Å². The van der Waals surface area contributed by atoms with E-state index in [2.05, 4.69) is 22.4 Å². The molecule has 0 amide bonds. The Morgan fingerprint density at radius 1 is 1.15 bits per heavy atom. The van der Waals surface area contributed by atoms with Crippen LogP contribution in [0.15, 0.2) is 53.9 Å². The van der Waals surface area contributed by atoms with Crippen LogP contribution < -0.4 is 0 Å². The highest BCUT2D eigenvalue weighted by atomic mass is 32.1. The molecular weight excluding hydrogens is 354 g/mol. The SMILES string of the molecule is CC(=O)c1cc(CN2CCCC(C(=O)c3cccc4ccccc34)C2)cs1. The van der Waals surface area contributed by atoms with Crippen molar-refractivity contribution in [2.45, 2.75) is 26.3 Å². The van der Waals surface area contributed by atoms with E-state index in [0.29, 0.717) is 0 Å². The summed E-state index contributed by atoms with van der Waals surface area (Å²) < 4.78 is 0. The zero-order chi connectivity index (χ0) is 18.8. The molecule has 1 unspecified atom stereocenters. The van der Waals surface area contributed by atoms with E-state index in [1.807, 2.05) is 36.4 Å². The summed E-state index contributed by atoms with van der Waals surface area (Å²) >= 11 is 1.51. The van der Waals surface area contributed by atoms with Crippen molar-refractivity contribution in [1.82, 2.24) is 4.90 Å². The van der Waals surface area contributed by atoms with Crippen molar-refractivity contribution in [3.05, 3.63) is 69.9 Å². The molecule has 0 N–H and O–H groups in total. The topological polar surface area (TPSA) is 37.4 Å². The second-order valence-electron chi connectivity index (χ2n) is 7.34. The lowest BCUT2D eigenvalue weighted by molar-refractivity contribution is 0.0813. The number of carbonyl (C=O) groups excluding carboxylic acids is 2. The van der Waals surface area contributed by atoms with Gasteiger partial charge in [-0.3, -0.25) is 14.5 Å². The fraction of sp³-hybridized carbons (Fsp3) is 0.304. The molecule has 0 spiro atoms. The van der Waals surface area contributed by atoms with E-state index < -0.39 is 0 Å². The standard InChI is InChI=1S/C23H23NO2S/c1-16(25)22-12-17(15-27-22)13-24-11-5-8-19(14-24)23(26)21-10-4-7-18-6-2-3-9-20(18)21/h2-4,6-7,9-10,12,15,19H,5,8,11,13-14H2,1H3. The van der Waals surface area contributed by atoms with Gasteiger partial charge in [-0.15, -0.1) is 11.3 Å². The van der Waals surface area contributed by atoms with Gasteiger partial charge in [0.1, 0.15) is 0 Å². The van der Waals surface area contributed by atoms with Gasteiger partial charge in [0, 0.05) is 24.6 Å². The molecule has 3 aromatic rings. The maximum absolute atomic E-state index is 13.2. The number of rotatable bonds is 5. The molecule has 0 saturated carbocycles. The Morgan fingerprint density at radius 3 is 2.78 bits per heavy atom. The Kier molecular flexibility index (Phi) is 5.19. The number of fused-ring (bicyclic) bond motifs is 1. The highest BCUT2D eigenvalue weighted by molar-refractivity contribution is 7.12. The van der Waals surface area contributed by atoms with Crippen LogP contribution in [-0.2, 0) is 6.54 Å². The summed E-state index contributed by atoms with van der Waals surface area (Å²) in [5.74, 6) is 0.413. The predicted octanol–water partition coefficient (Wildman–Crippen LogP) is 5.20. The van der Waals surface area contributed by atoms with E-state index in [9.17, 15) is 9.59 Å². The summed E-state index contributed by atoms with van der Waals surface area (Å²) in [6.45, 7) is 4.20.